The molecule has 1 saturated heterocycles. The normalized spacial score (nSPS) is 23.8. The van der Waals surface area contributed by atoms with E-state index in [1.807, 2.05) is 0 Å². The van der Waals surface area contributed by atoms with Crippen molar-refractivity contribution in [1.29, 1.82) is 0 Å². The maximum absolute atomic E-state index is 12.9. The van der Waals surface area contributed by atoms with Crippen LogP contribution in [-0.4, -0.2) is 53.3 Å². The number of ether oxygens (including phenoxy) is 3. The van der Waals surface area contributed by atoms with Gasteiger partial charge in [-0.05, 0) is 45.9 Å². The average molecular weight is 431 g/mol. The number of esters is 2. The van der Waals surface area contributed by atoms with Gasteiger partial charge >= 0.3 is 17.9 Å². The van der Waals surface area contributed by atoms with Crippen LogP contribution in [0.5, 0.6) is 0 Å². The summed E-state index contributed by atoms with van der Waals surface area (Å²) in [6, 6.07) is 4.07. The lowest BCUT2D eigenvalue weighted by molar-refractivity contribution is -0.145. The van der Waals surface area contributed by atoms with Crippen LogP contribution in [0.2, 0.25) is 0 Å². The highest BCUT2D eigenvalue weighted by Crippen LogP contribution is 2.40. The van der Waals surface area contributed by atoms with Gasteiger partial charge in [0.1, 0.15) is 5.92 Å². The zero-order valence-electron chi connectivity index (χ0n) is 17.7. The second-order valence-electron chi connectivity index (χ2n) is 8.04. The zero-order valence-corrected chi connectivity index (χ0v) is 17.7. The largest absolute Gasteiger partial charge is 0.481 e. The molecular weight excluding hydrogens is 406 g/mol. The highest BCUT2D eigenvalue weighted by atomic mass is 16.5. The van der Waals surface area contributed by atoms with E-state index in [9.17, 15) is 24.3 Å². The van der Waals surface area contributed by atoms with Crippen LogP contribution in [0.25, 0.3) is 0 Å². The topological polar surface area (TPSA) is 128 Å². The number of anilines is 1. The number of carboxylic acids is 1. The van der Waals surface area contributed by atoms with E-state index >= 15 is 0 Å². The molecule has 1 amide bonds. The Bertz CT molecular complexity index is 895. The van der Waals surface area contributed by atoms with Gasteiger partial charge in [0.25, 0.3) is 0 Å². The van der Waals surface area contributed by atoms with Gasteiger partial charge in [0, 0.05) is 5.69 Å². The molecule has 0 unspecified atom stereocenters. The monoisotopic (exact) mass is 431 g/mol. The van der Waals surface area contributed by atoms with Crippen LogP contribution in [0.1, 0.15) is 48.4 Å². The van der Waals surface area contributed by atoms with Crippen LogP contribution in [0, 0.1) is 11.8 Å². The summed E-state index contributed by atoms with van der Waals surface area (Å²) in [5.74, 6) is -5.01. The first-order chi connectivity index (χ1) is 14.6. The predicted molar refractivity (Wildman–Crippen MR) is 109 cm³/mol. The van der Waals surface area contributed by atoms with Crippen LogP contribution in [0.3, 0.4) is 0 Å². The van der Waals surface area contributed by atoms with E-state index in [1.165, 1.54) is 18.2 Å². The molecule has 2 aliphatic rings. The number of carbonyl (C=O) groups is 4. The van der Waals surface area contributed by atoms with E-state index in [0.29, 0.717) is 0 Å². The molecule has 1 aromatic rings. The van der Waals surface area contributed by atoms with E-state index in [-0.39, 0.29) is 29.0 Å². The Morgan fingerprint density at radius 1 is 0.871 bits per heavy atom. The summed E-state index contributed by atoms with van der Waals surface area (Å²) >= 11 is 0. The second-order valence-corrected chi connectivity index (χ2v) is 8.04. The van der Waals surface area contributed by atoms with Crippen LogP contribution < -0.4 is 5.32 Å². The molecule has 2 aliphatic heterocycles. The van der Waals surface area contributed by atoms with Crippen LogP contribution in [0.15, 0.2) is 30.4 Å². The SMILES string of the molecule is CC(C)OC(=O)c1cc(NC(=O)[C@@H]2[C@@H](C(=O)O)[C@H]3C=C[C@H]2O3)cc(C(=O)OC(C)C)c1. The first kappa shape index (κ1) is 22.5. The number of fused-ring (bicyclic) bond motifs is 2. The van der Waals surface area contributed by atoms with Crippen molar-refractivity contribution in [2.24, 2.45) is 11.8 Å². The molecule has 0 saturated carbocycles. The lowest BCUT2D eigenvalue weighted by atomic mass is 9.82. The molecule has 2 N–H and O–H groups in total. The van der Waals surface area contributed by atoms with E-state index in [0.717, 1.165) is 0 Å². The standard InChI is InChI=1S/C22H25NO8/c1-10(2)29-21(27)12-7-13(22(28)30-11(3)4)9-14(8-12)23-19(24)17-15-5-6-16(31-15)18(17)20(25)26/h5-11,15-18H,1-4H3,(H,23,24)(H,25,26)/t15-,16-,17+,18+/m1/s1. The Balaban J connectivity index is 1.89. The van der Waals surface area contributed by atoms with Crippen LogP contribution in [-0.2, 0) is 23.8 Å². The highest BCUT2D eigenvalue weighted by molar-refractivity contribution is 6.01. The summed E-state index contributed by atoms with van der Waals surface area (Å²) in [4.78, 5) is 49.3. The lowest BCUT2D eigenvalue weighted by Crippen LogP contribution is -2.39. The Kier molecular flexibility index (Phi) is 6.45. The molecule has 166 valence electrons. The Morgan fingerprint density at radius 3 is 1.81 bits per heavy atom. The van der Waals surface area contributed by atoms with Crippen molar-refractivity contribution in [2.75, 3.05) is 5.32 Å². The van der Waals surface area contributed by atoms with Gasteiger partial charge in [0.05, 0.1) is 41.5 Å². The van der Waals surface area contributed by atoms with Gasteiger partial charge in [-0.1, -0.05) is 12.2 Å². The molecule has 9 heteroatoms. The van der Waals surface area contributed by atoms with Crippen molar-refractivity contribution in [3.8, 4) is 0 Å². The van der Waals surface area contributed by atoms with Gasteiger partial charge < -0.3 is 24.6 Å². The van der Waals surface area contributed by atoms with Gasteiger partial charge in [0.15, 0.2) is 0 Å². The van der Waals surface area contributed by atoms with Crippen LogP contribution >= 0.6 is 0 Å². The Labute approximate surface area is 179 Å². The molecule has 3 rings (SSSR count). The van der Waals surface area contributed by atoms with Crippen molar-refractivity contribution < 1.29 is 38.5 Å². The minimum Gasteiger partial charge on any atom is -0.481 e. The van der Waals surface area contributed by atoms with Crippen LogP contribution in [0.4, 0.5) is 5.69 Å². The van der Waals surface area contributed by atoms with Gasteiger partial charge in [0.2, 0.25) is 5.91 Å². The van der Waals surface area contributed by atoms with Gasteiger partial charge in [-0.3, -0.25) is 9.59 Å². The molecular formula is C22H25NO8. The second kappa shape index (κ2) is 8.89. The molecule has 9 nitrogen and oxygen atoms in total. The maximum Gasteiger partial charge on any atom is 0.338 e. The summed E-state index contributed by atoms with van der Waals surface area (Å²) in [7, 11) is 0. The highest BCUT2D eigenvalue weighted by Gasteiger charge is 2.53. The lowest BCUT2D eigenvalue weighted by Gasteiger charge is -2.21. The number of rotatable bonds is 7. The first-order valence-corrected chi connectivity index (χ1v) is 10.0. The van der Waals surface area contributed by atoms with Gasteiger partial charge in [-0.2, -0.15) is 0 Å². The summed E-state index contributed by atoms with van der Waals surface area (Å²) in [6.45, 7) is 6.75. The average Bonchev–Trinajstić information content (AvgIpc) is 3.28. The number of nitrogens with one attached hydrogen (secondary N) is 1. The molecule has 31 heavy (non-hydrogen) atoms. The van der Waals surface area contributed by atoms with Crippen molar-refractivity contribution in [1.82, 2.24) is 0 Å². The van der Waals surface area contributed by atoms with E-state index in [1.54, 1.807) is 39.8 Å². The fourth-order valence-corrected chi connectivity index (χ4v) is 3.64. The van der Waals surface area contributed by atoms with Crippen molar-refractivity contribution in [2.45, 2.75) is 52.1 Å². The third-order valence-electron chi connectivity index (χ3n) is 4.84. The molecule has 4 atom stereocenters. The molecule has 2 heterocycles. The van der Waals surface area contributed by atoms with Crippen molar-refractivity contribution in [3.63, 3.8) is 0 Å². The van der Waals surface area contributed by atoms with E-state index in [2.05, 4.69) is 5.32 Å². The summed E-state index contributed by atoms with van der Waals surface area (Å²) in [6.07, 6.45) is 1.22. The minimum atomic E-state index is -1.13. The number of aliphatic carboxylic acids is 1. The first-order valence-electron chi connectivity index (χ1n) is 10.0. The molecule has 1 fully saturated rings. The van der Waals surface area contributed by atoms with Crippen molar-refractivity contribution in [3.05, 3.63) is 41.5 Å². The van der Waals surface area contributed by atoms with E-state index in [4.69, 9.17) is 14.2 Å². The summed E-state index contributed by atoms with van der Waals surface area (Å²) in [5, 5.41) is 12.1. The van der Waals surface area contributed by atoms with Gasteiger partial charge in [-0.25, -0.2) is 9.59 Å². The number of hydrogen-bond donors (Lipinski definition) is 2. The molecule has 0 aromatic heterocycles. The van der Waals surface area contributed by atoms with E-state index < -0.39 is 47.9 Å². The number of hydrogen-bond acceptors (Lipinski definition) is 7. The number of carboxylic acid groups (broad SMARTS) is 1. The minimum absolute atomic E-state index is 0.0566. The molecule has 0 spiro atoms. The quantitative estimate of drug-likeness (QED) is 0.498. The summed E-state index contributed by atoms with van der Waals surface area (Å²) in [5.41, 5.74) is 0.261. The Morgan fingerprint density at radius 2 is 1.35 bits per heavy atom. The maximum atomic E-state index is 12.9. The fraction of sp³-hybridized carbons (Fsp3) is 0.455. The number of carbonyl (C=O) groups excluding carboxylic acids is 3. The number of benzene rings is 1. The fourth-order valence-electron chi connectivity index (χ4n) is 3.64. The molecule has 0 aliphatic carbocycles. The molecule has 1 aromatic carbocycles. The number of amides is 1. The third-order valence-corrected chi connectivity index (χ3v) is 4.84. The van der Waals surface area contributed by atoms with Gasteiger partial charge in [-0.15, -0.1) is 0 Å². The Hall–Kier alpha value is -3.20. The van der Waals surface area contributed by atoms with Crippen molar-refractivity contribution >= 4 is 29.5 Å². The molecule has 2 bridgehead atoms. The third kappa shape index (κ3) is 4.93. The summed E-state index contributed by atoms with van der Waals surface area (Å²) < 4.78 is 15.9. The predicted octanol–water partition coefficient (Wildman–Crippen LogP) is 2.41. The smallest absolute Gasteiger partial charge is 0.338 e. The zero-order chi connectivity index (χ0) is 22.9. The molecule has 0 radical (unpaired) electrons.